The monoisotopic (exact) mass is 230 g/mol. The van der Waals surface area contributed by atoms with Crippen LogP contribution in [0.1, 0.15) is 40.0 Å². The van der Waals surface area contributed by atoms with E-state index in [0.29, 0.717) is 11.3 Å². The lowest BCUT2D eigenvalue weighted by Gasteiger charge is -2.24. The third-order valence-corrected chi connectivity index (χ3v) is 3.73. The summed E-state index contributed by atoms with van der Waals surface area (Å²) in [5.41, 5.74) is -0.155. The van der Waals surface area contributed by atoms with Crippen LogP contribution >= 0.6 is 11.8 Å². The molecular weight excluding hydrogens is 208 g/mol. The third-order valence-electron chi connectivity index (χ3n) is 2.56. The van der Waals surface area contributed by atoms with Crippen LogP contribution in [-0.2, 0) is 0 Å². The average Bonchev–Trinajstić information content (AvgIpc) is 2.48. The molecule has 0 spiro atoms. The zero-order valence-corrected chi connectivity index (χ0v) is 10.9. The van der Waals surface area contributed by atoms with Gasteiger partial charge in [-0.25, -0.2) is 4.79 Å². The zero-order chi connectivity index (χ0) is 11.5. The number of thioether (sulfide) groups is 1. The van der Waals surface area contributed by atoms with E-state index in [4.69, 9.17) is 0 Å². The molecule has 1 saturated carbocycles. The molecule has 4 heteroatoms. The number of amides is 2. The Morgan fingerprint density at radius 3 is 2.53 bits per heavy atom. The van der Waals surface area contributed by atoms with E-state index >= 15 is 0 Å². The Kier molecular flexibility index (Phi) is 4.32. The van der Waals surface area contributed by atoms with E-state index in [9.17, 15) is 4.79 Å². The maximum Gasteiger partial charge on any atom is 0.315 e. The summed E-state index contributed by atoms with van der Waals surface area (Å²) >= 11 is 1.86. The molecule has 88 valence electrons. The SMILES string of the molecule is CSC1CCCC1NC(=O)NC(C)(C)C. The van der Waals surface area contributed by atoms with Crippen LogP contribution < -0.4 is 10.6 Å². The first kappa shape index (κ1) is 12.7. The average molecular weight is 230 g/mol. The first-order valence-corrected chi connectivity index (χ1v) is 6.82. The van der Waals surface area contributed by atoms with Crippen molar-refractivity contribution in [3.05, 3.63) is 0 Å². The lowest BCUT2D eigenvalue weighted by atomic mass is 10.1. The smallest absolute Gasteiger partial charge is 0.315 e. The Hall–Kier alpha value is -0.380. The van der Waals surface area contributed by atoms with Gasteiger partial charge in [0.15, 0.2) is 0 Å². The summed E-state index contributed by atoms with van der Waals surface area (Å²) in [7, 11) is 0. The van der Waals surface area contributed by atoms with Gasteiger partial charge in [0.05, 0.1) is 0 Å². The second kappa shape index (κ2) is 5.10. The maximum atomic E-state index is 11.6. The summed E-state index contributed by atoms with van der Waals surface area (Å²) in [5.74, 6) is 0. The molecule has 2 amide bonds. The summed E-state index contributed by atoms with van der Waals surface area (Å²) in [6.07, 6.45) is 5.68. The number of urea groups is 1. The van der Waals surface area contributed by atoms with Gasteiger partial charge < -0.3 is 10.6 Å². The van der Waals surface area contributed by atoms with Crippen LogP contribution in [0.15, 0.2) is 0 Å². The molecule has 0 aromatic rings. The number of rotatable bonds is 2. The van der Waals surface area contributed by atoms with Crippen LogP contribution in [-0.4, -0.2) is 29.1 Å². The van der Waals surface area contributed by atoms with Crippen molar-refractivity contribution in [1.82, 2.24) is 10.6 Å². The van der Waals surface area contributed by atoms with Crippen molar-refractivity contribution >= 4 is 17.8 Å². The van der Waals surface area contributed by atoms with E-state index < -0.39 is 0 Å². The molecule has 2 N–H and O–H groups in total. The molecule has 0 heterocycles. The lowest BCUT2D eigenvalue weighted by molar-refractivity contribution is 0.228. The predicted molar refractivity (Wildman–Crippen MR) is 66.4 cm³/mol. The summed E-state index contributed by atoms with van der Waals surface area (Å²) in [4.78, 5) is 11.6. The second-order valence-electron chi connectivity index (χ2n) is 5.16. The van der Waals surface area contributed by atoms with E-state index in [-0.39, 0.29) is 11.6 Å². The van der Waals surface area contributed by atoms with E-state index in [0.717, 1.165) is 6.42 Å². The number of carbonyl (C=O) groups excluding carboxylic acids is 1. The fourth-order valence-electron chi connectivity index (χ4n) is 1.92. The molecular formula is C11H22N2OS. The Morgan fingerprint density at radius 2 is 2.00 bits per heavy atom. The van der Waals surface area contributed by atoms with Crippen molar-refractivity contribution in [2.24, 2.45) is 0 Å². The summed E-state index contributed by atoms with van der Waals surface area (Å²) in [5, 5.41) is 6.59. The van der Waals surface area contributed by atoms with Gasteiger partial charge in [0.2, 0.25) is 0 Å². The number of hydrogen-bond acceptors (Lipinski definition) is 2. The van der Waals surface area contributed by atoms with E-state index in [1.807, 2.05) is 32.5 Å². The molecule has 3 nitrogen and oxygen atoms in total. The Bertz CT molecular complexity index is 225. The molecule has 0 radical (unpaired) electrons. The van der Waals surface area contributed by atoms with E-state index in [2.05, 4.69) is 16.9 Å². The molecule has 1 fully saturated rings. The van der Waals surface area contributed by atoms with Crippen LogP contribution in [0.4, 0.5) is 4.79 Å². The molecule has 0 aromatic carbocycles. The molecule has 0 aromatic heterocycles. The normalized spacial score (nSPS) is 26.4. The van der Waals surface area contributed by atoms with Crippen LogP contribution in [0.2, 0.25) is 0 Å². The van der Waals surface area contributed by atoms with Gasteiger partial charge >= 0.3 is 6.03 Å². The van der Waals surface area contributed by atoms with Crippen molar-refractivity contribution in [2.75, 3.05) is 6.26 Å². The molecule has 0 aliphatic heterocycles. The highest BCUT2D eigenvalue weighted by atomic mass is 32.2. The highest BCUT2D eigenvalue weighted by Crippen LogP contribution is 2.28. The van der Waals surface area contributed by atoms with E-state index in [1.54, 1.807) is 0 Å². The van der Waals surface area contributed by atoms with Gasteiger partial charge in [-0.05, 0) is 39.9 Å². The van der Waals surface area contributed by atoms with Gasteiger partial charge in [-0.1, -0.05) is 6.42 Å². The fourth-order valence-corrected chi connectivity index (χ4v) is 2.85. The standard InChI is InChI=1S/C11H22N2OS/c1-11(2,3)13-10(14)12-8-6-5-7-9(8)15-4/h8-9H,5-7H2,1-4H3,(H2,12,13,14). The molecule has 15 heavy (non-hydrogen) atoms. The van der Waals surface area contributed by atoms with Crippen molar-refractivity contribution < 1.29 is 4.79 Å². The largest absolute Gasteiger partial charge is 0.334 e. The van der Waals surface area contributed by atoms with Crippen molar-refractivity contribution in [3.8, 4) is 0 Å². The van der Waals surface area contributed by atoms with Crippen molar-refractivity contribution in [2.45, 2.75) is 56.9 Å². The number of carbonyl (C=O) groups is 1. The van der Waals surface area contributed by atoms with Gasteiger partial charge in [-0.2, -0.15) is 11.8 Å². The Labute approximate surface area is 96.8 Å². The number of nitrogens with one attached hydrogen (secondary N) is 2. The van der Waals surface area contributed by atoms with E-state index in [1.165, 1.54) is 12.8 Å². The van der Waals surface area contributed by atoms with Gasteiger partial charge in [0.25, 0.3) is 0 Å². The molecule has 0 bridgehead atoms. The summed E-state index contributed by atoms with van der Waals surface area (Å²) < 4.78 is 0. The maximum absolute atomic E-state index is 11.6. The quantitative estimate of drug-likeness (QED) is 0.764. The minimum Gasteiger partial charge on any atom is -0.334 e. The zero-order valence-electron chi connectivity index (χ0n) is 10.1. The van der Waals surface area contributed by atoms with Crippen LogP contribution in [0.5, 0.6) is 0 Å². The van der Waals surface area contributed by atoms with Crippen LogP contribution in [0.25, 0.3) is 0 Å². The Morgan fingerprint density at radius 1 is 1.33 bits per heavy atom. The molecule has 1 aliphatic carbocycles. The first-order valence-electron chi connectivity index (χ1n) is 5.54. The second-order valence-corrected chi connectivity index (χ2v) is 6.24. The minimum atomic E-state index is -0.155. The summed E-state index contributed by atoms with van der Waals surface area (Å²) in [6, 6.07) is 0.316. The molecule has 2 atom stereocenters. The van der Waals surface area contributed by atoms with Gasteiger partial charge in [-0.3, -0.25) is 0 Å². The van der Waals surface area contributed by atoms with Crippen molar-refractivity contribution in [1.29, 1.82) is 0 Å². The third kappa shape index (κ3) is 4.33. The van der Waals surface area contributed by atoms with Crippen molar-refractivity contribution in [3.63, 3.8) is 0 Å². The molecule has 0 saturated heterocycles. The van der Waals surface area contributed by atoms with Crippen LogP contribution in [0, 0.1) is 0 Å². The first-order chi connectivity index (χ1) is 6.92. The van der Waals surface area contributed by atoms with Gasteiger partial charge in [-0.15, -0.1) is 0 Å². The van der Waals surface area contributed by atoms with Gasteiger partial charge in [0, 0.05) is 16.8 Å². The molecule has 1 rings (SSSR count). The Balaban J connectivity index is 2.37. The molecule has 2 unspecified atom stereocenters. The topological polar surface area (TPSA) is 41.1 Å². The minimum absolute atomic E-state index is 0.0338. The lowest BCUT2D eigenvalue weighted by Crippen LogP contribution is -2.50. The highest BCUT2D eigenvalue weighted by Gasteiger charge is 2.28. The molecule has 1 aliphatic rings. The number of hydrogen-bond donors (Lipinski definition) is 2. The van der Waals surface area contributed by atoms with Gasteiger partial charge in [0.1, 0.15) is 0 Å². The predicted octanol–water partition coefficient (Wildman–Crippen LogP) is 2.37. The van der Waals surface area contributed by atoms with Crippen LogP contribution in [0.3, 0.4) is 0 Å². The fraction of sp³-hybridized carbons (Fsp3) is 0.909. The summed E-state index contributed by atoms with van der Waals surface area (Å²) in [6.45, 7) is 5.98. The highest BCUT2D eigenvalue weighted by molar-refractivity contribution is 7.99.